The summed E-state index contributed by atoms with van der Waals surface area (Å²) in [6.45, 7) is 4.81. The highest BCUT2D eigenvalue weighted by molar-refractivity contribution is 5.77. The number of nitrogens with one attached hydrogen (secondary N) is 1. The minimum absolute atomic E-state index is 0.0495. The van der Waals surface area contributed by atoms with E-state index in [0.717, 1.165) is 49.9 Å². The van der Waals surface area contributed by atoms with Crippen molar-refractivity contribution in [1.82, 2.24) is 5.32 Å². The molecule has 1 heterocycles. The molecule has 0 aromatic carbocycles. The van der Waals surface area contributed by atoms with E-state index in [4.69, 9.17) is 0 Å². The lowest BCUT2D eigenvalue weighted by atomic mass is 9.45. The van der Waals surface area contributed by atoms with Gasteiger partial charge < -0.3 is 10.4 Å². The van der Waals surface area contributed by atoms with Crippen molar-refractivity contribution in [2.75, 3.05) is 0 Å². The minimum atomic E-state index is -0.0579. The summed E-state index contributed by atoms with van der Waals surface area (Å²) < 4.78 is 0. The molecule has 4 rings (SSSR count). The molecule has 4 fully saturated rings. The third-order valence-corrected chi connectivity index (χ3v) is 8.14. The summed E-state index contributed by atoms with van der Waals surface area (Å²) in [5, 5.41) is 13.4. The fourth-order valence-electron chi connectivity index (χ4n) is 6.91. The van der Waals surface area contributed by atoms with Gasteiger partial charge in [0.1, 0.15) is 0 Å². The molecule has 3 aliphatic carbocycles. The Labute approximate surface area is 134 Å². The van der Waals surface area contributed by atoms with Crippen LogP contribution >= 0.6 is 0 Å². The fraction of sp³-hybridized carbons (Fsp3) is 0.947. The normalized spacial score (nSPS) is 54.7. The fourth-order valence-corrected chi connectivity index (χ4v) is 6.91. The van der Waals surface area contributed by atoms with Crippen LogP contribution in [-0.4, -0.2) is 22.7 Å². The van der Waals surface area contributed by atoms with Crippen LogP contribution in [0.2, 0.25) is 0 Å². The quantitative estimate of drug-likeness (QED) is 0.721. The van der Waals surface area contributed by atoms with Crippen LogP contribution in [-0.2, 0) is 4.79 Å². The SMILES string of the molecule is CC12CC[C@H]3[C@@H](CC[C@H]4C[C@H](O)CC[C@@]43C)[C@@H]1CCC(=O)N2. The van der Waals surface area contributed by atoms with Crippen LogP contribution in [0.5, 0.6) is 0 Å². The van der Waals surface area contributed by atoms with Crippen molar-refractivity contribution < 1.29 is 9.90 Å². The maximum atomic E-state index is 11.9. The first kappa shape index (κ1) is 15.0. The Morgan fingerprint density at radius 3 is 2.68 bits per heavy atom. The summed E-state index contributed by atoms with van der Waals surface area (Å²) in [7, 11) is 0. The molecule has 1 aliphatic heterocycles. The largest absolute Gasteiger partial charge is 0.393 e. The molecule has 0 spiro atoms. The van der Waals surface area contributed by atoms with Crippen molar-refractivity contribution in [1.29, 1.82) is 0 Å². The highest BCUT2D eigenvalue weighted by Gasteiger charge is 2.57. The van der Waals surface area contributed by atoms with Gasteiger partial charge in [0.25, 0.3) is 0 Å². The molecule has 3 nitrogen and oxygen atoms in total. The second-order valence-corrected chi connectivity index (χ2v) is 9.13. The summed E-state index contributed by atoms with van der Waals surface area (Å²) in [5.74, 6) is 3.26. The Bertz CT molecular complexity index is 478. The molecule has 4 aliphatic rings. The Kier molecular flexibility index (Phi) is 3.38. The highest BCUT2D eigenvalue weighted by atomic mass is 16.3. The lowest BCUT2D eigenvalue weighted by molar-refractivity contribution is -0.142. The van der Waals surface area contributed by atoms with Gasteiger partial charge in [0.05, 0.1) is 6.10 Å². The van der Waals surface area contributed by atoms with Gasteiger partial charge in [-0.25, -0.2) is 0 Å². The lowest BCUT2D eigenvalue weighted by Gasteiger charge is -2.62. The van der Waals surface area contributed by atoms with Gasteiger partial charge in [-0.15, -0.1) is 0 Å². The Morgan fingerprint density at radius 2 is 1.86 bits per heavy atom. The number of piperidine rings is 1. The number of carbonyl (C=O) groups excluding carboxylic acids is 1. The van der Waals surface area contributed by atoms with Gasteiger partial charge in [-0.1, -0.05) is 6.92 Å². The van der Waals surface area contributed by atoms with E-state index in [9.17, 15) is 9.90 Å². The van der Waals surface area contributed by atoms with Gasteiger partial charge in [-0.2, -0.15) is 0 Å². The van der Waals surface area contributed by atoms with Crippen LogP contribution in [0, 0.1) is 29.1 Å². The first-order valence-corrected chi connectivity index (χ1v) is 9.41. The highest BCUT2D eigenvalue weighted by Crippen LogP contribution is 2.62. The van der Waals surface area contributed by atoms with Crippen LogP contribution in [0.4, 0.5) is 0 Å². The van der Waals surface area contributed by atoms with E-state index < -0.39 is 0 Å². The second-order valence-electron chi connectivity index (χ2n) is 9.13. The van der Waals surface area contributed by atoms with Crippen molar-refractivity contribution in [2.24, 2.45) is 29.1 Å². The number of aliphatic hydroxyl groups excluding tert-OH is 1. The third-order valence-electron chi connectivity index (χ3n) is 8.14. The molecule has 0 radical (unpaired) electrons. The molecule has 7 atom stereocenters. The van der Waals surface area contributed by atoms with Gasteiger partial charge in [0.2, 0.25) is 5.91 Å². The monoisotopic (exact) mass is 305 g/mol. The smallest absolute Gasteiger partial charge is 0.220 e. The molecule has 0 aromatic rings. The average Bonchev–Trinajstić information content (AvgIpc) is 2.46. The molecular weight excluding hydrogens is 274 g/mol. The van der Waals surface area contributed by atoms with Crippen LogP contribution in [0.25, 0.3) is 0 Å². The van der Waals surface area contributed by atoms with Crippen molar-refractivity contribution >= 4 is 5.91 Å². The van der Waals surface area contributed by atoms with Gasteiger partial charge in [0, 0.05) is 12.0 Å². The van der Waals surface area contributed by atoms with Crippen molar-refractivity contribution in [2.45, 2.75) is 83.3 Å². The number of rotatable bonds is 0. The maximum absolute atomic E-state index is 11.9. The summed E-state index contributed by atoms with van der Waals surface area (Å²) in [4.78, 5) is 11.9. The van der Waals surface area contributed by atoms with Crippen molar-refractivity contribution in [3.63, 3.8) is 0 Å². The molecule has 1 amide bonds. The zero-order chi connectivity index (χ0) is 15.5. The first-order chi connectivity index (χ1) is 10.4. The second kappa shape index (κ2) is 4.96. The predicted octanol–water partition coefficient (Wildman–Crippen LogP) is 3.26. The number of aliphatic hydroxyl groups is 1. The zero-order valence-corrected chi connectivity index (χ0v) is 14.1. The van der Waals surface area contributed by atoms with Gasteiger partial charge in [-0.3, -0.25) is 4.79 Å². The summed E-state index contributed by atoms with van der Waals surface area (Å²) in [6, 6.07) is 0. The third kappa shape index (κ3) is 2.07. The van der Waals surface area contributed by atoms with Gasteiger partial charge in [-0.05, 0) is 87.4 Å². The van der Waals surface area contributed by atoms with E-state index in [-0.39, 0.29) is 17.6 Å². The Balaban J connectivity index is 1.61. The molecular formula is C19H31NO2. The van der Waals surface area contributed by atoms with E-state index in [1.54, 1.807) is 0 Å². The molecule has 124 valence electrons. The topological polar surface area (TPSA) is 49.3 Å². The Morgan fingerprint density at radius 1 is 1.05 bits per heavy atom. The molecule has 3 heteroatoms. The number of hydrogen-bond donors (Lipinski definition) is 2. The molecule has 2 N–H and O–H groups in total. The van der Waals surface area contributed by atoms with E-state index in [1.165, 1.54) is 25.7 Å². The molecule has 0 bridgehead atoms. The molecule has 1 unspecified atom stereocenters. The maximum Gasteiger partial charge on any atom is 0.220 e. The number of amides is 1. The molecule has 0 aromatic heterocycles. The summed E-state index contributed by atoms with van der Waals surface area (Å²) in [5.41, 5.74) is 0.485. The van der Waals surface area contributed by atoms with E-state index >= 15 is 0 Å². The van der Waals surface area contributed by atoms with Crippen LogP contribution in [0.15, 0.2) is 0 Å². The van der Waals surface area contributed by atoms with Crippen LogP contribution in [0.3, 0.4) is 0 Å². The Hall–Kier alpha value is -0.570. The predicted molar refractivity (Wildman–Crippen MR) is 86.2 cm³/mol. The zero-order valence-electron chi connectivity index (χ0n) is 14.1. The van der Waals surface area contributed by atoms with E-state index in [0.29, 0.717) is 11.3 Å². The van der Waals surface area contributed by atoms with E-state index in [1.807, 2.05) is 0 Å². The minimum Gasteiger partial charge on any atom is -0.393 e. The summed E-state index contributed by atoms with van der Waals surface area (Å²) in [6.07, 6.45) is 10.00. The van der Waals surface area contributed by atoms with Crippen LogP contribution < -0.4 is 5.32 Å². The van der Waals surface area contributed by atoms with Crippen LogP contribution in [0.1, 0.15) is 71.6 Å². The molecule has 1 saturated heterocycles. The number of carbonyl (C=O) groups is 1. The van der Waals surface area contributed by atoms with E-state index in [2.05, 4.69) is 19.2 Å². The van der Waals surface area contributed by atoms with Gasteiger partial charge >= 0.3 is 0 Å². The summed E-state index contributed by atoms with van der Waals surface area (Å²) >= 11 is 0. The van der Waals surface area contributed by atoms with Crippen molar-refractivity contribution in [3.05, 3.63) is 0 Å². The molecule has 3 saturated carbocycles. The standard InChI is InChI=1S/C19H31NO2/c1-18-9-7-13(21)11-12(18)3-4-14-15(18)8-10-19(2)16(14)5-6-17(22)20-19/h12-16,21H,3-11H2,1-2H3,(H,20,22)/t12-,13+,14+,15-,16-,18-,19?/m0/s1. The molecule has 22 heavy (non-hydrogen) atoms. The average molecular weight is 305 g/mol. The first-order valence-electron chi connectivity index (χ1n) is 9.41. The van der Waals surface area contributed by atoms with Crippen molar-refractivity contribution in [3.8, 4) is 0 Å². The lowest BCUT2D eigenvalue weighted by Crippen LogP contribution is -2.63. The number of hydrogen-bond acceptors (Lipinski definition) is 2. The van der Waals surface area contributed by atoms with Gasteiger partial charge in [0.15, 0.2) is 0 Å². The number of fused-ring (bicyclic) bond motifs is 5.